The number of hydrogen-bond acceptors (Lipinski definition) is 3. The molecule has 0 rings (SSSR count). The van der Waals surface area contributed by atoms with Crippen molar-refractivity contribution in [2.75, 3.05) is 0 Å². The smallest absolute Gasteiger partial charge is 0.303 e. The van der Waals surface area contributed by atoms with Crippen LogP contribution in [0.1, 0.15) is 40.0 Å². The summed E-state index contributed by atoms with van der Waals surface area (Å²) in [5, 5.41) is 20.9. The number of nitrogens with one attached hydrogen (secondary N) is 1. The molecule has 1 unspecified atom stereocenters. The third-order valence-corrected chi connectivity index (χ3v) is 1.96. The van der Waals surface area contributed by atoms with Crippen molar-refractivity contribution >= 4 is 5.97 Å². The SMILES string of the molecule is CC(C)C[C@H](O)NC(C)CCC(=O)O. The van der Waals surface area contributed by atoms with Gasteiger partial charge in [-0.15, -0.1) is 0 Å². The zero-order chi connectivity index (χ0) is 11.1. The van der Waals surface area contributed by atoms with Gasteiger partial charge in [0.15, 0.2) is 0 Å². The average molecular weight is 203 g/mol. The van der Waals surface area contributed by atoms with Gasteiger partial charge in [-0.2, -0.15) is 0 Å². The molecule has 0 aromatic rings. The van der Waals surface area contributed by atoms with Crippen LogP contribution in [0.3, 0.4) is 0 Å². The van der Waals surface area contributed by atoms with Gasteiger partial charge in [0.05, 0.1) is 0 Å². The van der Waals surface area contributed by atoms with Gasteiger partial charge in [-0.1, -0.05) is 13.8 Å². The normalized spacial score (nSPS) is 15.5. The highest BCUT2D eigenvalue weighted by atomic mass is 16.4. The van der Waals surface area contributed by atoms with Crippen molar-refractivity contribution in [1.82, 2.24) is 5.32 Å². The second-order valence-corrected chi connectivity index (χ2v) is 4.15. The lowest BCUT2D eigenvalue weighted by Gasteiger charge is -2.19. The molecule has 0 bridgehead atoms. The van der Waals surface area contributed by atoms with E-state index in [2.05, 4.69) is 5.32 Å². The molecule has 0 aliphatic heterocycles. The maximum Gasteiger partial charge on any atom is 0.303 e. The van der Waals surface area contributed by atoms with Gasteiger partial charge < -0.3 is 10.2 Å². The minimum Gasteiger partial charge on any atom is -0.481 e. The Kier molecular flexibility index (Phi) is 6.49. The molecule has 14 heavy (non-hydrogen) atoms. The first-order valence-corrected chi connectivity index (χ1v) is 5.07. The molecule has 2 atom stereocenters. The number of carboxylic acid groups (broad SMARTS) is 1. The Balaban J connectivity index is 3.59. The number of carboxylic acids is 1. The van der Waals surface area contributed by atoms with Crippen molar-refractivity contribution in [3.8, 4) is 0 Å². The van der Waals surface area contributed by atoms with Gasteiger partial charge in [0.25, 0.3) is 0 Å². The Morgan fingerprint density at radius 1 is 1.36 bits per heavy atom. The number of hydrogen-bond donors (Lipinski definition) is 3. The van der Waals surface area contributed by atoms with Gasteiger partial charge >= 0.3 is 5.97 Å². The summed E-state index contributed by atoms with van der Waals surface area (Å²) in [5.74, 6) is -0.360. The van der Waals surface area contributed by atoms with Crippen LogP contribution in [0.15, 0.2) is 0 Å². The molecule has 3 N–H and O–H groups in total. The fourth-order valence-electron chi connectivity index (χ4n) is 1.27. The molecule has 0 aliphatic rings. The van der Waals surface area contributed by atoms with Crippen molar-refractivity contribution in [2.24, 2.45) is 5.92 Å². The summed E-state index contributed by atoms with van der Waals surface area (Å²) in [6, 6.07) is 0.0415. The molecule has 0 saturated carbocycles. The fraction of sp³-hybridized carbons (Fsp3) is 0.900. The van der Waals surface area contributed by atoms with Gasteiger partial charge in [-0.25, -0.2) is 0 Å². The van der Waals surface area contributed by atoms with E-state index in [1.54, 1.807) is 0 Å². The van der Waals surface area contributed by atoms with Gasteiger partial charge in [0, 0.05) is 12.5 Å². The Bertz CT molecular complexity index is 171. The van der Waals surface area contributed by atoms with Gasteiger partial charge in [0.2, 0.25) is 0 Å². The quantitative estimate of drug-likeness (QED) is 0.544. The van der Waals surface area contributed by atoms with Crippen LogP contribution < -0.4 is 5.32 Å². The zero-order valence-corrected chi connectivity index (χ0v) is 9.16. The molecule has 4 heteroatoms. The van der Waals surface area contributed by atoms with Crippen molar-refractivity contribution in [3.05, 3.63) is 0 Å². The predicted octanol–water partition coefficient (Wildman–Crippen LogP) is 1.19. The number of rotatable bonds is 7. The highest BCUT2D eigenvalue weighted by molar-refractivity contribution is 5.66. The molecule has 0 aromatic heterocycles. The van der Waals surface area contributed by atoms with E-state index in [-0.39, 0.29) is 12.5 Å². The summed E-state index contributed by atoms with van der Waals surface area (Å²) >= 11 is 0. The monoisotopic (exact) mass is 203 g/mol. The van der Waals surface area contributed by atoms with E-state index in [4.69, 9.17) is 5.11 Å². The molecule has 0 saturated heterocycles. The number of carbonyl (C=O) groups is 1. The Hall–Kier alpha value is -0.610. The molecule has 0 aromatic carbocycles. The summed E-state index contributed by atoms with van der Waals surface area (Å²) < 4.78 is 0. The van der Waals surface area contributed by atoms with Crippen LogP contribution in [0.25, 0.3) is 0 Å². The number of aliphatic hydroxyl groups excluding tert-OH is 1. The van der Waals surface area contributed by atoms with Crippen LogP contribution in [-0.2, 0) is 4.79 Å². The maximum atomic E-state index is 10.3. The van der Waals surface area contributed by atoms with Crippen molar-refractivity contribution < 1.29 is 15.0 Å². The number of aliphatic hydroxyl groups is 1. The lowest BCUT2D eigenvalue weighted by Crippen LogP contribution is -2.37. The van der Waals surface area contributed by atoms with Crippen LogP contribution in [0, 0.1) is 5.92 Å². The third kappa shape index (κ3) is 8.01. The highest BCUT2D eigenvalue weighted by Gasteiger charge is 2.11. The maximum absolute atomic E-state index is 10.3. The Labute approximate surface area is 85.3 Å². The lowest BCUT2D eigenvalue weighted by molar-refractivity contribution is -0.137. The van der Waals surface area contributed by atoms with E-state index >= 15 is 0 Å². The molecule has 0 radical (unpaired) electrons. The average Bonchev–Trinajstić information content (AvgIpc) is 1.98. The summed E-state index contributed by atoms with van der Waals surface area (Å²) in [7, 11) is 0. The summed E-state index contributed by atoms with van der Waals surface area (Å²) in [4.78, 5) is 10.3. The van der Waals surface area contributed by atoms with Crippen LogP contribution >= 0.6 is 0 Å². The first kappa shape index (κ1) is 13.4. The minimum absolute atomic E-state index is 0.0415. The van der Waals surface area contributed by atoms with Crippen LogP contribution in [0.2, 0.25) is 0 Å². The van der Waals surface area contributed by atoms with Crippen LogP contribution in [0.4, 0.5) is 0 Å². The fourth-order valence-corrected chi connectivity index (χ4v) is 1.27. The van der Waals surface area contributed by atoms with E-state index < -0.39 is 12.2 Å². The van der Waals surface area contributed by atoms with Gasteiger partial charge in [-0.05, 0) is 25.7 Å². The van der Waals surface area contributed by atoms with Crippen LogP contribution in [0.5, 0.6) is 0 Å². The molecule has 0 fully saturated rings. The molecule has 0 spiro atoms. The van der Waals surface area contributed by atoms with E-state index in [1.165, 1.54) is 0 Å². The molecule has 0 amide bonds. The standard InChI is InChI=1S/C10H21NO3/c1-7(2)6-9(12)11-8(3)4-5-10(13)14/h7-9,11-12H,4-6H2,1-3H3,(H,13,14)/t8?,9-/m0/s1. The van der Waals surface area contributed by atoms with Crippen molar-refractivity contribution in [3.63, 3.8) is 0 Å². The summed E-state index contributed by atoms with van der Waals surface area (Å²) in [5.41, 5.74) is 0. The Morgan fingerprint density at radius 2 is 1.93 bits per heavy atom. The summed E-state index contributed by atoms with van der Waals surface area (Å²) in [6.07, 6.45) is 0.851. The first-order valence-electron chi connectivity index (χ1n) is 5.07. The molecule has 0 heterocycles. The van der Waals surface area contributed by atoms with Crippen LogP contribution in [-0.4, -0.2) is 28.5 Å². The van der Waals surface area contributed by atoms with E-state index in [9.17, 15) is 9.90 Å². The molecule has 4 nitrogen and oxygen atoms in total. The topological polar surface area (TPSA) is 69.6 Å². The third-order valence-electron chi connectivity index (χ3n) is 1.96. The van der Waals surface area contributed by atoms with E-state index in [1.807, 2.05) is 20.8 Å². The Morgan fingerprint density at radius 3 is 2.36 bits per heavy atom. The van der Waals surface area contributed by atoms with Crippen molar-refractivity contribution in [2.45, 2.75) is 52.3 Å². The minimum atomic E-state index is -0.794. The summed E-state index contributed by atoms with van der Waals surface area (Å²) in [6.45, 7) is 5.95. The van der Waals surface area contributed by atoms with E-state index in [0.29, 0.717) is 18.8 Å². The lowest BCUT2D eigenvalue weighted by atomic mass is 10.1. The van der Waals surface area contributed by atoms with Gasteiger partial charge in [-0.3, -0.25) is 10.1 Å². The number of aliphatic carboxylic acids is 1. The predicted molar refractivity (Wildman–Crippen MR) is 54.9 cm³/mol. The molecule has 0 aliphatic carbocycles. The first-order chi connectivity index (χ1) is 6.41. The molecule has 84 valence electrons. The second-order valence-electron chi connectivity index (χ2n) is 4.15. The highest BCUT2D eigenvalue weighted by Crippen LogP contribution is 2.04. The largest absolute Gasteiger partial charge is 0.481 e. The van der Waals surface area contributed by atoms with Crippen molar-refractivity contribution in [1.29, 1.82) is 0 Å². The molecular weight excluding hydrogens is 182 g/mol. The zero-order valence-electron chi connectivity index (χ0n) is 9.16. The second kappa shape index (κ2) is 6.79. The van der Waals surface area contributed by atoms with Gasteiger partial charge in [0.1, 0.15) is 6.23 Å². The van der Waals surface area contributed by atoms with E-state index in [0.717, 1.165) is 0 Å². The molecular formula is C10H21NO3.